The minimum absolute atomic E-state index is 0.292. The van der Waals surface area contributed by atoms with Gasteiger partial charge in [-0.2, -0.15) is 11.8 Å². The number of carbonyl (C=O) groups excluding carboxylic acids is 1. The van der Waals surface area contributed by atoms with Crippen LogP contribution < -0.4 is 5.32 Å². The molecule has 6 heteroatoms. The molecule has 0 aliphatic rings. The summed E-state index contributed by atoms with van der Waals surface area (Å²) in [5, 5.41) is 11.6. The maximum Gasteiger partial charge on any atom is 0.326 e. The molecule has 5 nitrogen and oxygen atoms in total. The monoisotopic (exact) mass is 276 g/mol. The van der Waals surface area contributed by atoms with Crippen LogP contribution >= 0.6 is 11.8 Å². The van der Waals surface area contributed by atoms with E-state index in [9.17, 15) is 9.59 Å². The Morgan fingerprint density at radius 2 is 2.00 bits per heavy atom. The van der Waals surface area contributed by atoms with Gasteiger partial charge >= 0.3 is 12.0 Å². The van der Waals surface area contributed by atoms with E-state index in [1.165, 1.54) is 0 Å². The Balaban J connectivity index is 4.41. The molecule has 0 saturated heterocycles. The van der Waals surface area contributed by atoms with Gasteiger partial charge in [-0.15, -0.1) is 0 Å². The van der Waals surface area contributed by atoms with E-state index < -0.39 is 12.0 Å². The first-order valence-corrected chi connectivity index (χ1v) is 7.58. The number of carboxylic acids is 1. The van der Waals surface area contributed by atoms with Gasteiger partial charge < -0.3 is 15.3 Å². The second kappa shape index (κ2) is 9.08. The Kier molecular flexibility index (Phi) is 8.62. The molecule has 0 radical (unpaired) electrons. The van der Waals surface area contributed by atoms with Crippen LogP contribution in [0.3, 0.4) is 0 Å². The Bertz CT molecular complexity index is 272. The van der Waals surface area contributed by atoms with Gasteiger partial charge in [-0.3, -0.25) is 0 Å². The maximum absolute atomic E-state index is 11.9. The number of nitrogens with one attached hydrogen (secondary N) is 1. The molecule has 0 aromatic rings. The van der Waals surface area contributed by atoms with Crippen LogP contribution in [0.1, 0.15) is 27.2 Å². The summed E-state index contributed by atoms with van der Waals surface area (Å²) < 4.78 is 0. The van der Waals surface area contributed by atoms with E-state index in [1.54, 1.807) is 16.7 Å². The first-order chi connectivity index (χ1) is 8.42. The molecule has 0 aliphatic carbocycles. The highest BCUT2D eigenvalue weighted by Gasteiger charge is 2.22. The Hall–Kier alpha value is -0.910. The van der Waals surface area contributed by atoms with Gasteiger partial charge in [-0.25, -0.2) is 9.59 Å². The molecule has 1 atom stereocenters. The molecule has 0 aromatic heterocycles. The molecule has 2 N–H and O–H groups in total. The summed E-state index contributed by atoms with van der Waals surface area (Å²) in [6, 6.07) is -1.09. The van der Waals surface area contributed by atoms with Gasteiger partial charge in [0.1, 0.15) is 6.04 Å². The van der Waals surface area contributed by atoms with Crippen LogP contribution in [-0.2, 0) is 4.79 Å². The third kappa shape index (κ3) is 6.74. The molecular weight excluding hydrogens is 252 g/mol. The van der Waals surface area contributed by atoms with Crippen LogP contribution in [0.25, 0.3) is 0 Å². The van der Waals surface area contributed by atoms with Gasteiger partial charge in [-0.1, -0.05) is 13.8 Å². The number of amides is 2. The lowest BCUT2D eigenvalue weighted by molar-refractivity contribution is -0.139. The van der Waals surface area contributed by atoms with E-state index in [2.05, 4.69) is 5.32 Å². The normalized spacial score (nSPS) is 12.3. The second-order valence-corrected chi connectivity index (χ2v) is 5.54. The molecular formula is C12H24N2O3S. The van der Waals surface area contributed by atoms with Crippen molar-refractivity contribution in [1.29, 1.82) is 0 Å². The average Bonchev–Trinajstić information content (AvgIpc) is 2.30. The first kappa shape index (κ1) is 17.1. The minimum Gasteiger partial charge on any atom is -0.480 e. The maximum atomic E-state index is 11.9. The van der Waals surface area contributed by atoms with Crippen molar-refractivity contribution in [3.63, 3.8) is 0 Å². The molecule has 0 heterocycles. The highest BCUT2D eigenvalue weighted by atomic mass is 32.2. The fourth-order valence-electron chi connectivity index (χ4n) is 1.53. The smallest absolute Gasteiger partial charge is 0.326 e. The summed E-state index contributed by atoms with van der Waals surface area (Å²) in [7, 11) is 0. The molecule has 0 bridgehead atoms. The quantitative estimate of drug-likeness (QED) is 0.710. The van der Waals surface area contributed by atoms with Crippen LogP contribution in [-0.4, -0.2) is 53.1 Å². The van der Waals surface area contributed by atoms with E-state index in [1.807, 2.05) is 27.0 Å². The molecule has 0 fully saturated rings. The van der Waals surface area contributed by atoms with Gasteiger partial charge in [0.25, 0.3) is 0 Å². The number of rotatable bonds is 8. The Morgan fingerprint density at radius 1 is 1.39 bits per heavy atom. The van der Waals surface area contributed by atoms with Crippen molar-refractivity contribution in [3.8, 4) is 0 Å². The number of aliphatic carboxylic acids is 1. The molecule has 0 saturated carbocycles. The number of thioether (sulfide) groups is 1. The first-order valence-electron chi connectivity index (χ1n) is 6.19. The highest BCUT2D eigenvalue weighted by Crippen LogP contribution is 2.04. The molecule has 0 aromatic carbocycles. The van der Waals surface area contributed by atoms with Crippen molar-refractivity contribution in [2.45, 2.75) is 33.2 Å². The average molecular weight is 276 g/mol. The number of urea groups is 1. The molecule has 106 valence electrons. The van der Waals surface area contributed by atoms with Crippen LogP contribution in [0.2, 0.25) is 0 Å². The molecule has 18 heavy (non-hydrogen) atoms. The zero-order valence-electron chi connectivity index (χ0n) is 11.6. The van der Waals surface area contributed by atoms with Gasteiger partial charge in [0, 0.05) is 13.1 Å². The van der Waals surface area contributed by atoms with Crippen LogP contribution in [0.15, 0.2) is 0 Å². The number of carbonyl (C=O) groups is 2. The lowest BCUT2D eigenvalue weighted by Crippen LogP contribution is -2.49. The SMILES string of the molecule is CCN(CC(C)C)C(=O)N[C@H](CCSC)C(=O)O. The van der Waals surface area contributed by atoms with Crippen molar-refractivity contribution in [1.82, 2.24) is 10.2 Å². The largest absolute Gasteiger partial charge is 0.480 e. The molecule has 2 amide bonds. The number of hydrogen-bond donors (Lipinski definition) is 2. The molecule has 0 aliphatic heterocycles. The van der Waals surface area contributed by atoms with Crippen molar-refractivity contribution in [2.24, 2.45) is 5.92 Å². The third-order valence-electron chi connectivity index (χ3n) is 2.46. The second-order valence-electron chi connectivity index (χ2n) is 4.55. The van der Waals surface area contributed by atoms with Gasteiger partial charge in [0.05, 0.1) is 0 Å². The number of hydrogen-bond acceptors (Lipinski definition) is 3. The van der Waals surface area contributed by atoms with E-state index in [4.69, 9.17) is 5.11 Å². The number of nitrogens with zero attached hydrogens (tertiary/aromatic N) is 1. The van der Waals surface area contributed by atoms with E-state index in [0.717, 1.165) is 0 Å². The summed E-state index contributed by atoms with van der Waals surface area (Å²) in [5.41, 5.74) is 0. The summed E-state index contributed by atoms with van der Waals surface area (Å²) in [5.74, 6) is 0.108. The summed E-state index contributed by atoms with van der Waals surface area (Å²) in [6.45, 7) is 7.16. The zero-order chi connectivity index (χ0) is 14.1. The fraction of sp³-hybridized carbons (Fsp3) is 0.833. The molecule has 0 spiro atoms. The van der Waals surface area contributed by atoms with Gasteiger partial charge in [0.15, 0.2) is 0 Å². The van der Waals surface area contributed by atoms with Crippen LogP contribution in [0.5, 0.6) is 0 Å². The fourth-order valence-corrected chi connectivity index (χ4v) is 2.00. The Labute approximate surface area is 113 Å². The van der Waals surface area contributed by atoms with Gasteiger partial charge in [-0.05, 0) is 31.3 Å². The van der Waals surface area contributed by atoms with Crippen molar-refractivity contribution >= 4 is 23.8 Å². The predicted octanol–water partition coefficient (Wildman–Crippen LogP) is 1.88. The summed E-state index contributed by atoms with van der Waals surface area (Å²) >= 11 is 1.57. The lowest BCUT2D eigenvalue weighted by Gasteiger charge is -2.25. The van der Waals surface area contributed by atoms with Crippen molar-refractivity contribution in [3.05, 3.63) is 0 Å². The zero-order valence-corrected chi connectivity index (χ0v) is 12.4. The van der Waals surface area contributed by atoms with E-state index >= 15 is 0 Å². The summed E-state index contributed by atoms with van der Waals surface area (Å²) in [4.78, 5) is 24.6. The van der Waals surface area contributed by atoms with Crippen LogP contribution in [0.4, 0.5) is 4.79 Å². The van der Waals surface area contributed by atoms with Gasteiger partial charge in [0.2, 0.25) is 0 Å². The Morgan fingerprint density at radius 3 is 2.39 bits per heavy atom. The lowest BCUT2D eigenvalue weighted by atomic mass is 10.2. The van der Waals surface area contributed by atoms with Crippen molar-refractivity contribution < 1.29 is 14.7 Å². The topological polar surface area (TPSA) is 69.6 Å². The molecule has 0 rings (SSSR count). The minimum atomic E-state index is -0.974. The number of carboxylic acid groups (broad SMARTS) is 1. The van der Waals surface area contributed by atoms with Crippen LogP contribution in [0, 0.1) is 5.92 Å². The van der Waals surface area contributed by atoms with E-state index in [-0.39, 0.29) is 6.03 Å². The predicted molar refractivity (Wildman–Crippen MR) is 75.0 cm³/mol. The third-order valence-corrected chi connectivity index (χ3v) is 3.10. The standard InChI is InChI=1S/C12H24N2O3S/c1-5-14(8-9(2)3)12(17)13-10(11(15)16)6-7-18-4/h9-10H,5-8H2,1-4H3,(H,13,17)(H,15,16)/t10-/m1/s1. The summed E-state index contributed by atoms with van der Waals surface area (Å²) in [6.07, 6.45) is 2.36. The van der Waals surface area contributed by atoms with E-state index in [0.29, 0.717) is 31.2 Å². The molecule has 0 unspecified atom stereocenters. The van der Waals surface area contributed by atoms with Crippen molar-refractivity contribution in [2.75, 3.05) is 25.1 Å². The highest BCUT2D eigenvalue weighted by molar-refractivity contribution is 7.98.